The van der Waals surface area contributed by atoms with Crippen LogP contribution in [0.25, 0.3) is 6.08 Å². The van der Waals surface area contributed by atoms with E-state index in [0.29, 0.717) is 5.56 Å². The van der Waals surface area contributed by atoms with Gasteiger partial charge in [-0.15, -0.1) is 0 Å². The summed E-state index contributed by atoms with van der Waals surface area (Å²) in [5, 5.41) is 0. The van der Waals surface area contributed by atoms with Gasteiger partial charge >= 0.3 is 0 Å². The molecule has 4 nitrogen and oxygen atoms in total. The van der Waals surface area contributed by atoms with E-state index in [-0.39, 0.29) is 11.3 Å². The summed E-state index contributed by atoms with van der Waals surface area (Å²) >= 11 is 0. The number of amides is 1. The molecule has 0 aliphatic heterocycles. The van der Waals surface area contributed by atoms with Crippen molar-refractivity contribution in [2.75, 3.05) is 7.11 Å². The smallest absolute Gasteiger partial charge is 0.241 e. The van der Waals surface area contributed by atoms with E-state index in [9.17, 15) is 26.7 Å². The summed E-state index contributed by atoms with van der Waals surface area (Å²) in [7, 11) is 1.32. The maximum atomic E-state index is 13.6. The van der Waals surface area contributed by atoms with Crippen LogP contribution >= 0.6 is 0 Å². The molecule has 0 radical (unpaired) electrons. The highest BCUT2D eigenvalue weighted by atomic mass is 19.2. The predicted octanol–water partition coefficient (Wildman–Crippen LogP) is 3.47. The molecule has 2 rings (SSSR count). The lowest BCUT2D eigenvalue weighted by Crippen LogP contribution is -2.08. The molecule has 2 N–H and O–H groups in total. The Morgan fingerprint density at radius 2 is 1.62 bits per heavy atom. The number of ether oxygens (including phenoxy) is 2. The second-order valence-corrected chi connectivity index (χ2v) is 4.99. The van der Waals surface area contributed by atoms with Crippen molar-refractivity contribution in [2.24, 2.45) is 5.73 Å². The largest absolute Gasteiger partial charge is 0.496 e. The standard InChI is InChI=1S/C17H12F5NO3/c1-25-10-4-2-8(3-5-11(23)24)6-9(10)7-26-17-15(21)13(19)12(18)14(20)16(17)22/h2-6H,7H2,1H3,(H2,23,24)/b5-3-. The van der Waals surface area contributed by atoms with Crippen molar-refractivity contribution in [2.45, 2.75) is 6.61 Å². The number of hydrogen-bond donors (Lipinski definition) is 1. The van der Waals surface area contributed by atoms with Crippen LogP contribution in [-0.4, -0.2) is 13.0 Å². The Balaban J connectivity index is 2.35. The number of rotatable bonds is 6. The maximum Gasteiger partial charge on any atom is 0.241 e. The van der Waals surface area contributed by atoms with Crippen LogP contribution in [0.4, 0.5) is 22.0 Å². The number of primary amides is 1. The molecular formula is C17H12F5NO3. The fourth-order valence-electron chi connectivity index (χ4n) is 2.05. The highest BCUT2D eigenvalue weighted by Gasteiger charge is 2.27. The number of carbonyl (C=O) groups is 1. The molecular weight excluding hydrogens is 361 g/mol. The Bertz CT molecular complexity index is 854. The van der Waals surface area contributed by atoms with E-state index in [0.717, 1.165) is 6.08 Å². The van der Waals surface area contributed by atoms with Gasteiger partial charge in [-0.3, -0.25) is 4.79 Å². The molecule has 2 aromatic rings. The Morgan fingerprint density at radius 3 is 2.15 bits per heavy atom. The van der Waals surface area contributed by atoms with E-state index in [1.165, 1.54) is 25.3 Å². The minimum Gasteiger partial charge on any atom is -0.496 e. The van der Waals surface area contributed by atoms with Crippen molar-refractivity contribution in [3.63, 3.8) is 0 Å². The third-order valence-electron chi connectivity index (χ3n) is 3.29. The predicted molar refractivity (Wildman–Crippen MR) is 81.8 cm³/mol. The third-order valence-corrected chi connectivity index (χ3v) is 3.29. The highest BCUT2D eigenvalue weighted by molar-refractivity contribution is 5.90. The first kappa shape index (κ1) is 19.2. The summed E-state index contributed by atoms with van der Waals surface area (Å²) in [6.45, 7) is -0.556. The van der Waals surface area contributed by atoms with Gasteiger partial charge in [-0.1, -0.05) is 6.07 Å². The SMILES string of the molecule is COc1ccc(/C=C\C(N)=O)cc1COc1c(F)c(F)c(F)c(F)c1F. The molecule has 0 bridgehead atoms. The van der Waals surface area contributed by atoms with Gasteiger partial charge in [-0.25, -0.2) is 13.2 Å². The van der Waals surface area contributed by atoms with Crippen LogP contribution in [0.2, 0.25) is 0 Å². The maximum absolute atomic E-state index is 13.6. The molecule has 2 aromatic carbocycles. The first-order chi connectivity index (χ1) is 12.3. The van der Waals surface area contributed by atoms with Gasteiger partial charge in [0.25, 0.3) is 0 Å². The van der Waals surface area contributed by atoms with E-state index >= 15 is 0 Å². The topological polar surface area (TPSA) is 61.5 Å². The first-order valence-electron chi connectivity index (χ1n) is 7.05. The number of halogens is 5. The van der Waals surface area contributed by atoms with Gasteiger partial charge in [-0.2, -0.15) is 8.78 Å². The van der Waals surface area contributed by atoms with Crippen molar-refractivity contribution in [1.82, 2.24) is 0 Å². The van der Waals surface area contributed by atoms with Crippen LogP contribution in [0, 0.1) is 29.1 Å². The van der Waals surface area contributed by atoms with Crippen LogP contribution in [-0.2, 0) is 11.4 Å². The summed E-state index contributed by atoms with van der Waals surface area (Å²) in [5.41, 5.74) is 5.69. The van der Waals surface area contributed by atoms with E-state index in [2.05, 4.69) is 0 Å². The lowest BCUT2D eigenvalue weighted by molar-refractivity contribution is -0.113. The second-order valence-electron chi connectivity index (χ2n) is 4.99. The average Bonchev–Trinajstić information content (AvgIpc) is 2.63. The van der Waals surface area contributed by atoms with Gasteiger partial charge in [-0.05, 0) is 23.8 Å². The van der Waals surface area contributed by atoms with Gasteiger partial charge in [0.15, 0.2) is 5.75 Å². The zero-order valence-electron chi connectivity index (χ0n) is 13.3. The van der Waals surface area contributed by atoms with E-state index in [1.807, 2.05) is 0 Å². The molecule has 0 spiro atoms. The number of hydrogen-bond acceptors (Lipinski definition) is 3. The zero-order chi connectivity index (χ0) is 19.4. The van der Waals surface area contributed by atoms with Crippen LogP contribution in [0.1, 0.15) is 11.1 Å². The summed E-state index contributed by atoms with van der Waals surface area (Å²) in [4.78, 5) is 10.8. The molecule has 0 fully saturated rings. The minimum absolute atomic E-state index is 0.239. The van der Waals surface area contributed by atoms with E-state index in [4.69, 9.17) is 15.2 Å². The van der Waals surface area contributed by atoms with Gasteiger partial charge in [0.05, 0.1) is 7.11 Å². The molecule has 26 heavy (non-hydrogen) atoms. The molecule has 0 aromatic heterocycles. The average molecular weight is 373 g/mol. The summed E-state index contributed by atoms with van der Waals surface area (Å²) in [5.74, 6) is -12.5. The second kappa shape index (κ2) is 7.85. The summed E-state index contributed by atoms with van der Waals surface area (Å²) in [6, 6.07) is 4.46. The number of methoxy groups -OCH3 is 1. The molecule has 138 valence electrons. The first-order valence-corrected chi connectivity index (χ1v) is 7.05. The number of nitrogens with two attached hydrogens (primary N) is 1. The van der Waals surface area contributed by atoms with Gasteiger partial charge in [0.1, 0.15) is 12.4 Å². The number of carbonyl (C=O) groups excluding carboxylic acids is 1. The van der Waals surface area contributed by atoms with Crippen LogP contribution in [0.5, 0.6) is 11.5 Å². The molecule has 0 aliphatic rings. The van der Waals surface area contributed by atoms with Gasteiger partial charge < -0.3 is 15.2 Å². The van der Waals surface area contributed by atoms with Gasteiger partial charge in [0, 0.05) is 11.6 Å². The Labute approximate surface area is 144 Å². The summed E-state index contributed by atoms with van der Waals surface area (Å²) < 4.78 is 76.5. The lowest BCUT2D eigenvalue weighted by atomic mass is 10.1. The molecule has 0 unspecified atom stereocenters. The molecule has 9 heteroatoms. The molecule has 0 atom stereocenters. The summed E-state index contributed by atoms with van der Waals surface area (Å²) in [6.07, 6.45) is 2.44. The number of benzene rings is 2. The van der Waals surface area contributed by atoms with Crippen molar-refractivity contribution in [3.05, 3.63) is 64.5 Å². The van der Waals surface area contributed by atoms with Crippen molar-refractivity contribution < 1.29 is 36.2 Å². The van der Waals surface area contributed by atoms with E-state index in [1.54, 1.807) is 6.07 Å². The van der Waals surface area contributed by atoms with E-state index < -0.39 is 47.3 Å². The molecule has 0 heterocycles. The molecule has 0 saturated heterocycles. The Hall–Kier alpha value is -3.10. The minimum atomic E-state index is -2.27. The molecule has 0 aliphatic carbocycles. The monoisotopic (exact) mass is 373 g/mol. The quantitative estimate of drug-likeness (QED) is 0.365. The van der Waals surface area contributed by atoms with Crippen molar-refractivity contribution in [3.8, 4) is 11.5 Å². The van der Waals surface area contributed by atoms with Crippen molar-refractivity contribution in [1.29, 1.82) is 0 Å². The third kappa shape index (κ3) is 3.93. The molecule has 0 saturated carbocycles. The highest BCUT2D eigenvalue weighted by Crippen LogP contribution is 2.31. The fourth-order valence-corrected chi connectivity index (χ4v) is 2.05. The normalized spacial score (nSPS) is 11.0. The molecule has 1 amide bonds. The Kier molecular flexibility index (Phi) is 5.81. The zero-order valence-corrected chi connectivity index (χ0v) is 13.3. The Morgan fingerprint density at radius 1 is 1.04 bits per heavy atom. The van der Waals surface area contributed by atoms with Crippen LogP contribution in [0.3, 0.4) is 0 Å². The van der Waals surface area contributed by atoms with Crippen LogP contribution in [0.15, 0.2) is 24.3 Å². The van der Waals surface area contributed by atoms with Gasteiger partial charge in [0.2, 0.25) is 35.0 Å². The lowest BCUT2D eigenvalue weighted by Gasteiger charge is -2.13. The van der Waals surface area contributed by atoms with Crippen LogP contribution < -0.4 is 15.2 Å². The van der Waals surface area contributed by atoms with Crippen molar-refractivity contribution >= 4 is 12.0 Å². The fraction of sp³-hybridized carbons (Fsp3) is 0.118.